The molecule has 5 heteroatoms. The van der Waals surface area contributed by atoms with E-state index in [1.165, 1.54) is 0 Å². The van der Waals surface area contributed by atoms with Gasteiger partial charge in [-0.3, -0.25) is 9.78 Å². The number of carbonyl (C=O) groups is 1. The van der Waals surface area contributed by atoms with Crippen molar-refractivity contribution in [3.63, 3.8) is 0 Å². The number of aryl methyl sites for hydroxylation is 2. The van der Waals surface area contributed by atoms with E-state index >= 15 is 0 Å². The summed E-state index contributed by atoms with van der Waals surface area (Å²) >= 11 is 0. The molecule has 1 aliphatic rings. The number of anilines is 1. The Kier molecular flexibility index (Phi) is 3.73. The lowest BCUT2D eigenvalue weighted by Crippen LogP contribution is -2.46. The molecule has 0 bridgehead atoms. The second-order valence-corrected chi connectivity index (χ2v) is 5.59. The highest BCUT2D eigenvalue weighted by molar-refractivity contribution is 5.76. The maximum Gasteiger partial charge on any atom is 0.311 e. The van der Waals surface area contributed by atoms with Crippen molar-refractivity contribution in [2.75, 3.05) is 5.32 Å². The van der Waals surface area contributed by atoms with Crippen LogP contribution in [0.2, 0.25) is 0 Å². The molecule has 0 saturated heterocycles. The van der Waals surface area contributed by atoms with Crippen LogP contribution in [-0.2, 0) is 4.79 Å². The van der Waals surface area contributed by atoms with Crippen molar-refractivity contribution in [1.29, 1.82) is 0 Å². The Balaban J connectivity index is 2.20. The fourth-order valence-corrected chi connectivity index (χ4v) is 2.61. The summed E-state index contributed by atoms with van der Waals surface area (Å²) in [5, 5.41) is 12.7. The minimum Gasteiger partial charge on any atom is -0.481 e. The van der Waals surface area contributed by atoms with Crippen LogP contribution in [0.15, 0.2) is 6.20 Å². The van der Waals surface area contributed by atoms with E-state index in [0.29, 0.717) is 12.2 Å². The van der Waals surface area contributed by atoms with Gasteiger partial charge >= 0.3 is 5.97 Å². The first kappa shape index (κ1) is 13.8. The van der Waals surface area contributed by atoms with Gasteiger partial charge in [0, 0.05) is 6.04 Å². The van der Waals surface area contributed by atoms with Crippen LogP contribution < -0.4 is 5.32 Å². The Labute approximate surface area is 113 Å². The van der Waals surface area contributed by atoms with E-state index in [4.69, 9.17) is 0 Å². The average Bonchev–Trinajstić information content (AvgIpc) is 2.36. The number of aromatic nitrogens is 2. The molecule has 2 N–H and O–H groups in total. The average molecular weight is 263 g/mol. The number of carboxylic acids is 1. The van der Waals surface area contributed by atoms with Crippen LogP contribution in [0, 0.1) is 19.3 Å². The molecule has 0 aromatic carbocycles. The lowest BCUT2D eigenvalue weighted by Gasteiger charge is -2.38. The molecule has 0 spiro atoms. The van der Waals surface area contributed by atoms with Crippen LogP contribution in [0.3, 0.4) is 0 Å². The zero-order chi connectivity index (χ0) is 14.0. The number of carboxylic acid groups (broad SMARTS) is 1. The summed E-state index contributed by atoms with van der Waals surface area (Å²) in [4.78, 5) is 20.2. The Morgan fingerprint density at radius 2 is 2.16 bits per heavy atom. The fraction of sp³-hybridized carbons (Fsp3) is 0.643. The molecule has 0 aliphatic heterocycles. The monoisotopic (exact) mass is 263 g/mol. The van der Waals surface area contributed by atoms with Crippen LogP contribution in [0.4, 0.5) is 5.82 Å². The smallest absolute Gasteiger partial charge is 0.311 e. The van der Waals surface area contributed by atoms with Crippen LogP contribution in [0.1, 0.15) is 44.0 Å². The molecule has 1 aromatic heterocycles. The normalized spacial score (nSPS) is 27.0. The first-order valence-corrected chi connectivity index (χ1v) is 6.73. The second kappa shape index (κ2) is 5.15. The Morgan fingerprint density at radius 3 is 2.79 bits per heavy atom. The van der Waals surface area contributed by atoms with Gasteiger partial charge < -0.3 is 10.4 Å². The molecule has 1 saturated carbocycles. The van der Waals surface area contributed by atoms with Gasteiger partial charge in [-0.1, -0.05) is 12.8 Å². The SMILES string of the molecule is Cc1ncc(NC2CCCCC2(C)C(=O)O)nc1C. The Morgan fingerprint density at radius 1 is 1.42 bits per heavy atom. The highest BCUT2D eigenvalue weighted by Crippen LogP contribution is 2.37. The van der Waals surface area contributed by atoms with Crippen LogP contribution in [-0.4, -0.2) is 27.1 Å². The van der Waals surface area contributed by atoms with Crippen molar-refractivity contribution < 1.29 is 9.90 Å². The Hall–Kier alpha value is -1.65. The maximum atomic E-state index is 11.5. The van der Waals surface area contributed by atoms with E-state index in [-0.39, 0.29) is 6.04 Å². The molecule has 0 radical (unpaired) electrons. The fourth-order valence-electron chi connectivity index (χ4n) is 2.61. The third kappa shape index (κ3) is 2.69. The van der Waals surface area contributed by atoms with E-state index in [0.717, 1.165) is 30.7 Å². The van der Waals surface area contributed by atoms with Gasteiger partial charge in [0.2, 0.25) is 0 Å². The number of hydrogen-bond donors (Lipinski definition) is 2. The zero-order valence-electron chi connectivity index (χ0n) is 11.7. The molecule has 104 valence electrons. The molecule has 1 aromatic rings. The predicted octanol–water partition coefficient (Wildman–Crippen LogP) is 2.54. The van der Waals surface area contributed by atoms with Gasteiger partial charge in [0.1, 0.15) is 5.82 Å². The van der Waals surface area contributed by atoms with Gasteiger partial charge in [0.05, 0.1) is 23.0 Å². The van der Waals surface area contributed by atoms with E-state index in [1.807, 2.05) is 20.8 Å². The first-order valence-electron chi connectivity index (χ1n) is 6.73. The van der Waals surface area contributed by atoms with Crippen molar-refractivity contribution in [2.24, 2.45) is 5.41 Å². The quantitative estimate of drug-likeness (QED) is 0.876. The highest BCUT2D eigenvalue weighted by Gasteiger charge is 2.43. The van der Waals surface area contributed by atoms with Gasteiger partial charge in [-0.2, -0.15) is 0 Å². The summed E-state index contributed by atoms with van der Waals surface area (Å²) in [7, 11) is 0. The highest BCUT2D eigenvalue weighted by atomic mass is 16.4. The molecule has 1 aliphatic carbocycles. The van der Waals surface area contributed by atoms with Gasteiger partial charge in [-0.25, -0.2) is 4.98 Å². The maximum absolute atomic E-state index is 11.5. The summed E-state index contributed by atoms with van der Waals surface area (Å²) in [5.41, 5.74) is 1.05. The molecule has 2 unspecified atom stereocenters. The standard InChI is InChI=1S/C14H21N3O2/c1-9-10(2)16-12(8-15-9)17-11-6-4-5-7-14(11,3)13(18)19/h8,11H,4-7H2,1-3H3,(H,16,17)(H,18,19). The number of hydrogen-bond acceptors (Lipinski definition) is 4. The number of rotatable bonds is 3. The van der Waals surface area contributed by atoms with Gasteiger partial charge in [-0.15, -0.1) is 0 Å². The van der Waals surface area contributed by atoms with Gasteiger partial charge in [-0.05, 0) is 33.6 Å². The molecule has 2 rings (SSSR count). The molecule has 2 atom stereocenters. The van der Waals surface area contributed by atoms with Crippen LogP contribution >= 0.6 is 0 Å². The predicted molar refractivity (Wildman–Crippen MR) is 73.1 cm³/mol. The van der Waals surface area contributed by atoms with Crippen molar-refractivity contribution >= 4 is 11.8 Å². The number of nitrogens with zero attached hydrogens (tertiary/aromatic N) is 2. The minimum atomic E-state index is -0.735. The van der Waals surface area contributed by atoms with Crippen molar-refractivity contribution in [2.45, 2.75) is 52.5 Å². The Bertz CT molecular complexity index is 490. The lowest BCUT2D eigenvalue weighted by atomic mass is 9.71. The van der Waals surface area contributed by atoms with E-state index in [9.17, 15) is 9.90 Å². The molecule has 5 nitrogen and oxygen atoms in total. The van der Waals surface area contributed by atoms with Gasteiger partial charge in [0.25, 0.3) is 0 Å². The topological polar surface area (TPSA) is 75.1 Å². The van der Waals surface area contributed by atoms with E-state index < -0.39 is 11.4 Å². The minimum absolute atomic E-state index is 0.0878. The summed E-state index contributed by atoms with van der Waals surface area (Å²) in [6, 6.07) is -0.0878. The third-order valence-corrected chi connectivity index (χ3v) is 4.21. The van der Waals surface area contributed by atoms with Crippen LogP contribution in [0.25, 0.3) is 0 Å². The molecular formula is C14H21N3O2. The van der Waals surface area contributed by atoms with Crippen molar-refractivity contribution in [3.8, 4) is 0 Å². The number of aliphatic carboxylic acids is 1. The zero-order valence-corrected chi connectivity index (χ0v) is 11.7. The second-order valence-electron chi connectivity index (χ2n) is 5.59. The van der Waals surface area contributed by atoms with E-state index in [1.54, 1.807) is 6.20 Å². The van der Waals surface area contributed by atoms with Gasteiger partial charge in [0.15, 0.2) is 0 Å². The van der Waals surface area contributed by atoms with E-state index in [2.05, 4.69) is 15.3 Å². The molecule has 19 heavy (non-hydrogen) atoms. The molecule has 0 amide bonds. The molecule has 1 heterocycles. The largest absolute Gasteiger partial charge is 0.481 e. The number of nitrogens with one attached hydrogen (secondary N) is 1. The molecule has 1 fully saturated rings. The third-order valence-electron chi connectivity index (χ3n) is 4.21. The van der Waals surface area contributed by atoms with Crippen molar-refractivity contribution in [3.05, 3.63) is 17.6 Å². The van der Waals surface area contributed by atoms with Crippen LogP contribution in [0.5, 0.6) is 0 Å². The summed E-state index contributed by atoms with van der Waals surface area (Å²) in [6.07, 6.45) is 5.27. The first-order chi connectivity index (χ1) is 8.93. The van der Waals surface area contributed by atoms with Crippen molar-refractivity contribution in [1.82, 2.24) is 9.97 Å². The molecular weight excluding hydrogens is 242 g/mol. The lowest BCUT2D eigenvalue weighted by molar-refractivity contribution is -0.150. The summed E-state index contributed by atoms with van der Waals surface area (Å²) < 4.78 is 0. The summed E-state index contributed by atoms with van der Waals surface area (Å²) in [6.45, 7) is 5.64. The summed E-state index contributed by atoms with van der Waals surface area (Å²) in [5.74, 6) is -0.0658.